The quantitative estimate of drug-likeness (QED) is 0.673. The third kappa shape index (κ3) is 3.37. The Hall–Kier alpha value is -2.42. The average Bonchev–Trinajstić information content (AvgIpc) is 2.91. The fourth-order valence-electron chi connectivity index (χ4n) is 2.39. The summed E-state index contributed by atoms with van der Waals surface area (Å²) in [6.45, 7) is 5.92. The average molecular weight is 278 g/mol. The highest BCUT2D eigenvalue weighted by molar-refractivity contribution is 5.24. The van der Waals surface area contributed by atoms with Crippen LogP contribution in [0.15, 0.2) is 61.2 Å². The van der Waals surface area contributed by atoms with E-state index in [0.717, 1.165) is 13.1 Å². The Labute approximate surface area is 125 Å². The van der Waals surface area contributed by atoms with E-state index in [9.17, 15) is 0 Å². The lowest BCUT2D eigenvalue weighted by Crippen LogP contribution is -2.32. The molecule has 0 unspecified atom stereocenters. The summed E-state index contributed by atoms with van der Waals surface area (Å²) >= 11 is 0. The fourth-order valence-corrected chi connectivity index (χ4v) is 2.39. The van der Waals surface area contributed by atoms with Crippen LogP contribution in [-0.2, 0) is 13.1 Å². The van der Waals surface area contributed by atoms with Crippen LogP contribution in [0.3, 0.4) is 0 Å². The van der Waals surface area contributed by atoms with Gasteiger partial charge in [0.15, 0.2) is 0 Å². The SMILES string of the molecule is Cc1ccc(Cn2c[n+](Cc3ccccc3C)cn2)cc1. The van der Waals surface area contributed by atoms with Crippen molar-refractivity contribution >= 4 is 0 Å². The Morgan fingerprint density at radius 1 is 1.00 bits per heavy atom. The second-order valence-corrected chi connectivity index (χ2v) is 5.53. The van der Waals surface area contributed by atoms with Gasteiger partial charge in [-0.15, -0.1) is 4.68 Å². The summed E-state index contributed by atoms with van der Waals surface area (Å²) in [5, 5.41) is 4.44. The smallest absolute Gasteiger partial charge is 0.233 e. The molecule has 0 spiro atoms. The Kier molecular flexibility index (Phi) is 3.82. The summed E-state index contributed by atoms with van der Waals surface area (Å²) in [6, 6.07) is 17.1. The lowest BCUT2D eigenvalue weighted by Gasteiger charge is -2.02. The predicted octanol–water partition coefficient (Wildman–Crippen LogP) is 2.88. The first-order valence-corrected chi connectivity index (χ1v) is 7.22. The number of rotatable bonds is 4. The van der Waals surface area contributed by atoms with Gasteiger partial charge in [-0.05, 0) is 30.5 Å². The van der Waals surface area contributed by atoms with Crippen LogP contribution in [-0.4, -0.2) is 9.78 Å². The first-order valence-electron chi connectivity index (χ1n) is 7.22. The van der Waals surface area contributed by atoms with Gasteiger partial charge in [-0.1, -0.05) is 54.1 Å². The molecule has 0 fully saturated rings. The van der Waals surface area contributed by atoms with E-state index < -0.39 is 0 Å². The molecule has 0 atom stereocenters. The second-order valence-electron chi connectivity index (χ2n) is 5.53. The van der Waals surface area contributed by atoms with E-state index in [1.807, 2.05) is 11.0 Å². The van der Waals surface area contributed by atoms with Gasteiger partial charge >= 0.3 is 0 Å². The van der Waals surface area contributed by atoms with E-state index in [1.165, 1.54) is 22.3 Å². The number of hydrogen-bond donors (Lipinski definition) is 0. The lowest BCUT2D eigenvalue weighted by atomic mass is 10.1. The molecule has 106 valence electrons. The van der Waals surface area contributed by atoms with Crippen LogP contribution in [0.25, 0.3) is 0 Å². The maximum Gasteiger partial charge on any atom is 0.265 e. The van der Waals surface area contributed by atoms with Crippen molar-refractivity contribution in [3.05, 3.63) is 83.4 Å². The lowest BCUT2D eigenvalue weighted by molar-refractivity contribution is -0.689. The molecule has 2 aromatic carbocycles. The van der Waals surface area contributed by atoms with E-state index in [4.69, 9.17) is 0 Å². The van der Waals surface area contributed by atoms with Crippen molar-refractivity contribution in [3.8, 4) is 0 Å². The minimum Gasteiger partial charge on any atom is -0.233 e. The normalized spacial score (nSPS) is 10.8. The van der Waals surface area contributed by atoms with E-state index in [1.54, 1.807) is 0 Å². The molecular formula is C18H20N3+. The van der Waals surface area contributed by atoms with Gasteiger partial charge in [0.25, 0.3) is 6.33 Å². The largest absolute Gasteiger partial charge is 0.265 e. The molecule has 0 aliphatic carbocycles. The Bertz CT molecular complexity index is 726. The highest BCUT2D eigenvalue weighted by Crippen LogP contribution is 2.06. The molecule has 21 heavy (non-hydrogen) atoms. The highest BCUT2D eigenvalue weighted by atomic mass is 15.3. The van der Waals surface area contributed by atoms with Gasteiger partial charge in [0.2, 0.25) is 6.33 Å². The molecular weight excluding hydrogens is 258 g/mol. The molecule has 0 aliphatic heterocycles. The van der Waals surface area contributed by atoms with Crippen molar-refractivity contribution in [2.45, 2.75) is 26.9 Å². The molecule has 1 heterocycles. The molecule has 3 rings (SSSR count). The van der Waals surface area contributed by atoms with E-state index >= 15 is 0 Å². The summed E-state index contributed by atoms with van der Waals surface area (Å²) < 4.78 is 4.10. The Balaban J connectivity index is 1.72. The Morgan fingerprint density at radius 2 is 1.76 bits per heavy atom. The molecule has 0 radical (unpaired) electrons. The number of benzene rings is 2. The molecule has 0 amide bonds. The van der Waals surface area contributed by atoms with Crippen molar-refractivity contribution in [3.63, 3.8) is 0 Å². The van der Waals surface area contributed by atoms with Crippen LogP contribution >= 0.6 is 0 Å². The van der Waals surface area contributed by atoms with Crippen LogP contribution in [0.4, 0.5) is 0 Å². The van der Waals surface area contributed by atoms with Crippen molar-refractivity contribution in [1.82, 2.24) is 9.78 Å². The molecule has 0 saturated carbocycles. The molecule has 1 aromatic heterocycles. The van der Waals surface area contributed by atoms with Crippen LogP contribution in [0.5, 0.6) is 0 Å². The summed E-state index contributed by atoms with van der Waals surface area (Å²) in [5.41, 5.74) is 5.20. The summed E-state index contributed by atoms with van der Waals surface area (Å²) in [5.74, 6) is 0. The molecule has 3 heteroatoms. The standard InChI is InChI=1S/C18H20N3/c1-15-7-9-17(10-8-15)11-21-14-20(13-19-21)12-18-6-4-3-5-16(18)2/h3-10,13-14H,11-12H2,1-2H3/q+1. The molecule has 3 nitrogen and oxygen atoms in total. The third-order valence-corrected chi connectivity index (χ3v) is 3.71. The minimum absolute atomic E-state index is 0.807. The summed E-state index contributed by atoms with van der Waals surface area (Å²) in [6.07, 6.45) is 3.95. The number of aromatic nitrogens is 3. The summed E-state index contributed by atoms with van der Waals surface area (Å²) in [4.78, 5) is 0. The maximum atomic E-state index is 4.44. The second kappa shape index (κ2) is 5.92. The molecule has 0 aliphatic rings. The third-order valence-electron chi connectivity index (χ3n) is 3.71. The van der Waals surface area contributed by atoms with E-state index in [2.05, 4.69) is 78.4 Å². The molecule has 0 N–H and O–H groups in total. The maximum absolute atomic E-state index is 4.44. The first-order chi connectivity index (χ1) is 10.2. The van der Waals surface area contributed by atoms with Crippen LogP contribution in [0, 0.1) is 13.8 Å². The van der Waals surface area contributed by atoms with Gasteiger partial charge in [0.1, 0.15) is 6.54 Å². The van der Waals surface area contributed by atoms with Gasteiger partial charge in [0, 0.05) is 5.10 Å². The zero-order valence-electron chi connectivity index (χ0n) is 12.5. The van der Waals surface area contributed by atoms with Crippen LogP contribution in [0.2, 0.25) is 0 Å². The fraction of sp³-hybridized carbons (Fsp3) is 0.222. The van der Waals surface area contributed by atoms with Gasteiger partial charge < -0.3 is 0 Å². The van der Waals surface area contributed by atoms with Crippen LogP contribution < -0.4 is 4.57 Å². The zero-order valence-corrected chi connectivity index (χ0v) is 12.5. The van der Waals surface area contributed by atoms with E-state index in [0.29, 0.717) is 0 Å². The number of aryl methyl sites for hydroxylation is 2. The Morgan fingerprint density at radius 3 is 2.52 bits per heavy atom. The molecule has 3 aromatic rings. The van der Waals surface area contributed by atoms with Crippen molar-refractivity contribution in [2.75, 3.05) is 0 Å². The topological polar surface area (TPSA) is 21.7 Å². The monoisotopic (exact) mass is 278 g/mol. The number of hydrogen-bond acceptors (Lipinski definition) is 1. The minimum atomic E-state index is 0.807. The van der Waals surface area contributed by atoms with Crippen molar-refractivity contribution in [2.24, 2.45) is 0 Å². The van der Waals surface area contributed by atoms with Gasteiger partial charge in [-0.3, -0.25) is 0 Å². The first kappa shape index (κ1) is 13.6. The van der Waals surface area contributed by atoms with Crippen molar-refractivity contribution < 1.29 is 4.57 Å². The van der Waals surface area contributed by atoms with Crippen LogP contribution in [0.1, 0.15) is 22.3 Å². The molecule has 0 saturated heterocycles. The van der Waals surface area contributed by atoms with Gasteiger partial charge in [-0.25, -0.2) is 4.57 Å². The van der Waals surface area contributed by atoms with Gasteiger partial charge in [0.05, 0.1) is 6.54 Å². The zero-order chi connectivity index (χ0) is 14.7. The molecule has 0 bridgehead atoms. The van der Waals surface area contributed by atoms with Gasteiger partial charge in [-0.2, -0.15) is 0 Å². The van der Waals surface area contributed by atoms with E-state index in [-0.39, 0.29) is 0 Å². The predicted molar refractivity (Wildman–Crippen MR) is 83.0 cm³/mol. The number of nitrogens with zero attached hydrogens (tertiary/aromatic N) is 3. The highest BCUT2D eigenvalue weighted by Gasteiger charge is 2.08. The van der Waals surface area contributed by atoms with Crippen molar-refractivity contribution in [1.29, 1.82) is 0 Å². The summed E-state index contributed by atoms with van der Waals surface area (Å²) in [7, 11) is 0.